The van der Waals surface area contributed by atoms with E-state index in [0.717, 1.165) is 43.6 Å². The molecule has 0 spiro atoms. The molecule has 172 valence electrons. The second-order valence-electron chi connectivity index (χ2n) is 8.33. The van der Waals surface area contributed by atoms with Crippen LogP contribution in [-0.4, -0.2) is 44.3 Å². The van der Waals surface area contributed by atoms with Gasteiger partial charge in [-0.3, -0.25) is 0 Å². The van der Waals surface area contributed by atoms with Gasteiger partial charge in [0.15, 0.2) is 0 Å². The maximum atomic E-state index is 5.15. The molecule has 3 aromatic heterocycles. The van der Waals surface area contributed by atoms with Crippen molar-refractivity contribution in [3.63, 3.8) is 0 Å². The van der Waals surface area contributed by atoms with Crippen molar-refractivity contribution >= 4 is 79.3 Å². The number of H-pyrrole nitrogens is 2. The zero-order valence-electron chi connectivity index (χ0n) is 18.9. The largest absolute Gasteiger partial charge is 0.339 e. The lowest BCUT2D eigenvalue weighted by molar-refractivity contribution is 0.294. The summed E-state index contributed by atoms with van der Waals surface area (Å²) in [5.74, 6) is 0. The number of nitrogens with zero attached hydrogens (tertiary/aromatic N) is 3. The molecule has 0 aliphatic rings. The second-order valence-corrected chi connectivity index (χ2v) is 8.33. The number of fused-ring (bicyclic) bond motifs is 10. The number of para-hydroxylation sites is 2. The van der Waals surface area contributed by atoms with Crippen molar-refractivity contribution in [1.82, 2.24) is 24.6 Å². The molecule has 0 radical (unpaired) electrons. The van der Waals surface area contributed by atoms with Gasteiger partial charge in [-0.05, 0) is 38.2 Å². The van der Waals surface area contributed by atoms with E-state index in [4.69, 9.17) is 4.98 Å². The van der Waals surface area contributed by atoms with Crippen molar-refractivity contribution in [2.75, 3.05) is 19.6 Å². The van der Waals surface area contributed by atoms with Crippen LogP contribution >= 0.6 is 24.8 Å². The highest BCUT2D eigenvalue weighted by Gasteiger charge is 2.21. The Hall–Kier alpha value is -2.73. The standard InChI is InChI=1S/C26H27N5.2ClH/c1-3-30(4-2)14-9-15-31-21-13-8-6-11-18(21)23-24-19(16-27-29-24)22-17-10-5-7-12-20(17)28-25(22)26(23)31;;/h5-8,10-13,16,27,29H,3-4,9,14-15H2,1-2H3;2*1H. The number of aromatic nitrogens is 4. The molecule has 3 aromatic carbocycles. The Morgan fingerprint density at radius 3 is 2.39 bits per heavy atom. The van der Waals surface area contributed by atoms with Gasteiger partial charge >= 0.3 is 0 Å². The van der Waals surface area contributed by atoms with Gasteiger partial charge in [0.2, 0.25) is 0 Å². The fourth-order valence-electron chi connectivity index (χ4n) is 5.27. The molecule has 0 unspecified atom stereocenters. The minimum Gasteiger partial charge on any atom is -0.339 e. The number of benzene rings is 3. The van der Waals surface area contributed by atoms with Crippen molar-refractivity contribution in [2.45, 2.75) is 26.8 Å². The van der Waals surface area contributed by atoms with Gasteiger partial charge in [-0.1, -0.05) is 50.2 Å². The van der Waals surface area contributed by atoms with Crippen LogP contribution in [0.25, 0.3) is 54.5 Å². The Morgan fingerprint density at radius 1 is 0.879 bits per heavy atom. The minimum absolute atomic E-state index is 0. The van der Waals surface area contributed by atoms with Gasteiger partial charge < -0.3 is 19.7 Å². The summed E-state index contributed by atoms with van der Waals surface area (Å²) in [6.45, 7) is 8.77. The third kappa shape index (κ3) is 3.46. The third-order valence-electron chi connectivity index (χ3n) is 6.79. The van der Waals surface area contributed by atoms with Gasteiger partial charge in [-0.2, -0.15) is 0 Å². The SMILES string of the molecule is CCN(CC)CCCn1c2ccccc2c2c3[nH][nH]cc3c3c4ccccc4nc3c21.Cl.Cl. The molecule has 33 heavy (non-hydrogen) atoms. The van der Waals surface area contributed by atoms with Crippen molar-refractivity contribution in [1.29, 1.82) is 0 Å². The Balaban J connectivity index is 0.00000130. The molecule has 5 nitrogen and oxygen atoms in total. The van der Waals surface area contributed by atoms with Gasteiger partial charge in [0.1, 0.15) is 0 Å². The first-order chi connectivity index (χ1) is 15.3. The maximum Gasteiger partial charge on any atom is 0.0967 e. The summed E-state index contributed by atoms with van der Waals surface area (Å²) in [6.07, 6.45) is 3.20. The van der Waals surface area contributed by atoms with E-state index in [0.29, 0.717) is 0 Å². The van der Waals surface area contributed by atoms with Crippen LogP contribution < -0.4 is 0 Å². The molecular formula is C26H29Cl2N5. The average Bonchev–Trinajstić information content (AvgIpc) is 3.50. The van der Waals surface area contributed by atoms with E-state index in [1.54, 1.807) is 0 Å². The molecule has 6 rings (SSSR count). The second kappa shape index (κ2) is 9.26. The number of hydrogen-bond donors (Lipinski definition) is 2. The molecule has 7 heteroatoms. The van der Waals surface area contributed by atoms with Crippen LogP contribution in [0.3, 0.4) is 0 Å². The van der Waals surface area contributed by atoms with Gasteiger partial charge in [0.05, 0.1) is 22.1 Å². The Kier molecular flexibility index (Phi) is 6.57. The number of nitrogens with one attached hydrogen (secondary N) is 2. The number of rotatable bonds is 6. The number of halogens is 2. The van der Waals surface area contributed by atoms with Crippen LogP contribution in [0.1, 0.15) is 20.3 Å². The monoisotopic (exact) mass is 481 g/mol. The van der Waals surface area contributed by atoms with E-state index >= 15 is 0 Å². The zero-order valence-corrected chi connectivity index (χ0v) is 20.5. The summed E-state index contributed by atoms with van der Waals surface area (Å²) in [4.78, 5) is 7.64. The first-order valence-corrected chi connectivity index (χ1v) is 11.3. The van der Waals surface area contributed by atoms with E-state index in [1.165, 1.54) is 43.5 Å². The van der Waals surface area contributed by atoms with Crippen LogP contribution in [0.5, 0.6) is 0 Å². The molecular weight excluding hydrogens is 453 g/mol. The van der Waals surface area contributed by atoms with E-state index in [1.807, 2.05) is 0 Å². The van der Waals surface area contributed by atoms with Gasteiger partial charge in [0, 0.05) is 45.2 Å². The van der Waals surface area contributed by atoms with Crippen LogP contribution in [-0.2, 0) is 6.54 Å². The van der Waals surface area contributed by atoms with E-state index in [-0.39, 0.29) is 24.8 Å². The van der Waals surface area contributed by atoms with E-state index < -0.39 is 0 Å². The van der Waals surface area contributed by atoms with E-state index in [9.17, 15) is 0 Å². The summed E-state index contributed by atoms with van der Waals surface area (Å²) < 4.78 is 2.50. The molecule has 0 aliphatic heterocycles. The van der Waals surface area contributed by atoms with Crippen molar-refractivity contribution in [2.24, 2.45) is 0 Å². The Labute approximate surface area is 204 Å². The van der Waals surface area contributed by atoms with Crippen LogP contribution in [0.4, 0.5) is 0 Å². The number of aromatic amines is 2. The van der Waals surface area contributed by atoms with Gasteiger partial charge in [0.25, 0.3) is 0 Å². The minimum atomic E-state index is 0. The van der Waals surface area contributed by atoms with Gasteiger partial charge in [-0.25, -0.2) is 4.98 Å². The molecule has 0 fully saturated rings. The van der Waals surface area contributed by atoms with Crippen LogP contribution in [0.2, 0.25) is 0 Å². The zero-order chi connectivity index (χ0) is 20.9. The summed E-state index contributed by atoms with van der Waals surface area (Å²) in [5.41, 5.74) is 5.87. The molecule has 0 atom stereocenters. The first kappa shape index (κ1) is 23.4. The Bertz CT molecular complexity index is 1560. The van der Waals surface area contributed by atoms with Crippen molar-refractivity contribution < 1.29 is 0 Å². The van der Waals surface area contributed by atoms with Crippen LogP contribution in [0, 0.1) is 0 Å². The predicted molar refractivity (Wildman–Crippen MR) is 145 cm³/mol. The molecule has 0 amide bonds. The summed E-state index contributed by atoms with van der Waals surface area (Å²) >= 11 is 0. The quantitative estimate of drug-likeness (QED) is 0.272. The molecule has 2 N–H and O–H groups in total. The smallest absolute Gasteiger partial charge is 0.0967 e. The van der Waals surface area contributed by atoms with E-state index in [2.05, 4.69) is 88.2 Å². The fraction of sp³-hybridized carbons (Fsp3) is 0.269. The number of hydrogen-bond acceptors (Lipinski definition) is 2. The molecule has 3 heterocycles. The third-order valence-corrected chi connectivity index (χ3v) is 6.79. The molecule has 0 aliphatic carbocycles. The average molecular weight is 482 g/mol. The molecule has 0 saturated heterocycles. The molecule has 6 aromatic rings. The molecule has 0 bridgehead atoms. The lowest BCUT2D eigenvalue weighted by Crippen LogP contribution is -2.24. The van der Waals surface area contributed by atoms with Gasteiger partial charge in [-0.15, -0.1) is 24.8 Å². The Morgan fingerprint density at radius 2 is 1.61 bits per heavy atom. The summed E-state index contributed by atoms with van der Waals surface area (Å²) in [5, 5.41) is 12.9. The number of aryl methyl sites for hydroxylation is 1. The highest BCUT2D eigenvalue weighted by Crippen LogP contribution is 2.42. The molecule has 0 saturated carbocycles. The maximum absolute atomic E-state index is 5.15. The lowest BCUT2D eigenvalue weighted by atomic mass is 10.0. The van der Waals surface area contributed by atoms with Crippen LogP contribution in [0.15, 0.2) is 54.7 Å². The fourth-order valence-corrected chi connectivity index (χ4v) is 5.27. The topological polar surface area (TPSA) is 52.6 Å². The normalized spacial score (nSPS) is 11.7. The van der Waals surface area contributed by atoms with Crippen molar-refractivity contribution in [3.05, 3.63) is 54.7 Å². The van der Waals surface area contributed by atoms with Crippen molar-refractivity contribution in [3.8, 4) is 0 Å². The summed E-state index contributed by atoms with van der Waals surface area (Å²) in [7, 11) is 0. The lowest BCUT2D eigenvalue weighted by Gasteiger charge is -2.18. The predicted octanol–water partition coefficient (Wildman–Crippen LogP) is 6.88. The highest BCUT2D eigenvalue weighted by atomic mass is 35.5. The highest BCUT2D eigenvalue weighted by molar-refractivity contribution is 6.34. The first-order valence-electron chi connectivity index (χ1n) is 11.3. The summed E-state index contributed by atoms with van der Waals surface area (Å²) in [6, 6.07) is 17.3.